The number of nitrogens with zero attached hydrogens (tertiary/aromatic N) is 6. The molecule has 0 saturated carbocycles. The van der Waals surface area contributed by atoms with Gasteiger partial charge in [-0.15, -0.1) is 5.10 Å². The van der Waals surface area contributed by atoms with Crippen LogP contribution in [0.5, 0.6) is 5.75 Å². The Labute approximate surface area is 196 Å². The summed E-state index contributed by atoms with van der Waals surface area (Å²) >= 11 is 1.41. The lowest BCUT2D eigenvalue weighted by Gasteiger charge is -2.10. The lowest BCUT2D eigenvalue weighted by Crippen LogP contribution is -2.14. The van der Waals surface area contributed by atoms with Gasteiger partial charge in [-0.05, 0) is 61.0 Å². The molecule has 170 valence electrons. The first-order chi connectivity index (χ1) is 16.0. The maximum Gasteiger partial charge on any atom is 0.225 e. The van der Waals surface area contributed by atoms with Crippen molar-refractivity contribution in [2.75, 3.05) is 18.2 Å². The van der Waals surface area contributed by atoms with E-state index in [2.05, 4.69) is 25.9 Å². The fourth-order valence-electron chi connectivity index (χ4n) is 3.47. The number of benzene rings is 2. The Morgan fingerprint density at radius 2 is 1.88 bits per heavy atom. The first-order valence-electron chi connectivity index (χ1n) is 10.5. The van der Waals surface area contributed by atoms with Crippen molar-refractivity contribution in [1.82, 2.24) is 30.0 Å². The van der Waals surface area contributed by atoms with Crippen LogP contribution in [0, 0.1) is 20.8 Å². The highest BCUT2D eigenvalue weighted by Crippen LogP contribution is 2.27. The van der Waals surface area contributed by atoms with Gasteiger partial charge in [-0.25, -0.2) is 4.68 Å². The highest BCUT2D eigenvalue weighted by Gasteiger charge is 2.17. The molecule has 33 heavy (non-hydrogen) atoms. The Bertz CT molecular complexity index is 1270. The van der Waals surface area contributed by atoms with Crippen LogP contribution in [-0.4, -0.2) is 48.8 Å². The van der Waals surface area contributed by atoms with Gasteiger partial charge in [-0.3, -0.25) is 4.79 Å². The van der Waals surface area contributed by atoms with Gasteiger partial charge in [0, 0.05) is 12.2 Å². The van der Waals surface area contributed by atoms with Gasteiger partial charge in [-0.1, -0.05) is 36.0 Å². The van der Waals surface area contributed by atoms with Gasteiger partial charge in [0.2, 0.25) is 11.1 Å². The van der Waals surface area contributed by atoms with Gasteiger partial charge in [-0.2, -0.15) is 9.78 Å². The molecule has 10 heteroatoms. The first-order valence-corrected chi connectivity index (χ1v) is 11.4. The van der Waals surface area contributed by atoms with Gasteiger partial charge in [0.25, 0.3) is 0 Å². The Morgan fingerprint density at radius 1 is 1.09 bits per heavy atom. The van der Waals surface area contributed by atoms with Crippen molar-refractivity contribution in [3.8, 4) is 17.1 Å². The third kappa shape index (κ3) is 4.90. The largest absolute Gasteiger partial charge is 0.494 e. The molecule has 0 unspecified atom stereocenters. The predicted molar refractivity (Wildman–Crippen MR) is 127 cm³/mol. The van der Waals surface area contributed by atoms with E-state index in [1.807, 2.05) is 74.0 Å². The molecular weight excluding hydrogens is 438 g/mol. The highest BCUT2D eigenvalue weighted by atomic mass is 32.2. The van der Waals surface area contributed by atoms with Gasteiger partial charge in [0.15, 0.2) is 0 Å². The fraction of sp³-hybridized carbons (Fsp3) is 0.261. The summed E-state index contributed by atoms with van der Waals surface area (Å²) in [5.74, 6) is 1.10. The minimum Gasteiger partial charge on any atom is -0.494 e. The van der Waals surface area contributed by atoms with Crippen LogP contribution in [0.1, 0.15) is 23.4 Å². The van der Waals surface area contributed by atoms with E-state index in [4.69, 9.17) is 4.74 Å². The monoisotopic (exact) mass is 463 g/mol. The minimum absolute atomic E-state index is 0.0894. The summed E-state index contributed by atoms with van der Waals surface area (Å²) in [7, 11) is 1.61. The zero-order valence-corrected chi connectivity index (χ0v) is 19.8. The molecule has 2 aromatic heterocycles. The standard InChI is InChI=1S/C23H25N7O2S/c1-15-10-11-20(32-4)19(14-15)30-23(25-27-28-30)33-13-12-21(31)24-22-16(2)26-29(17(22)3)18-8-6-5-7-9-18/h5-11,14H,12-13H2,1-4H3,(H,24,31). The van der Waals surface area contributed by atoms with Gasteiger partial charge in [0.1, 0.15) is 11.4 Å². The molecule has 4 aromatic rings. The average Bonchev–Trinajstić information content (AvgIpc) is 3.39. The molecule has 0 saturated heterocycles. The molecule has 0 atom stereocenters. The van der Waals surface area contributed by atoms with Crippen LogP contribution in [0.4, 0.5) is 5.69 Å². The number of nitrogens with one attached hydrogen (secondary N) is 1. The Balaban J connectivity index is 1.41. The van der Waals surface area contributed by atoms with Crippen LogP contribution in [0.15, 0.2) is 53.7 Å². The number of carbonyl (C=O) groups excluding carboxylic acids is 1. The molecule has 0 radical (unpaired) electrons. The molecule has 0 bridgehead atoms. The van der Waals surface area contributed by atoms with E-state index in [0.717, 1.165) is 34.0 Å². The van der Waals surface area contributed by atoms with Crippen molar-refractivity contribution in [3.63, 3.8) is 0 Å². The van der Waals surface area contributed by atoms with E-state index in [0.29, 0.717) is 23.1 Å². The number of aryl methyl sites for hydroxylation is 2. The smallest absolute Gasteiger partial charge is 0.225 e. The van der Waals surface area contributed by atoms with E-state index in [1.165, 1.54) is 11.8 Å². The Kier molecular flexibility index (Phi) is 6.74. The molecular formula is C23H25N7O2S. The maximum absolute atomic E-state index is 12.7. The predicted octanol–water partition coefficient (Wildman–Crippen LogP) is 3.90. The second kappa shape index (κ2) is 9.86. The normalized spacial score (nSPS) is 10.9. The summed E-state index contributed by atoms with van der Waals surface area (Å²) in [6.07, 6.45) is 0.303. The van der Waals surface area contributed by atoms with Gasteiger partial charge >= 0.3 is 0 Å². The number of rotatable bonds is 8. The van der Waals surface area contributed by atoms with Crippen molar-refractivity contribution in [2.24, 2.45) is 0 Å². The zero-order valence-electron chi connectivity index (χ0n) is 18.9. The minimum atomic E-state index is -0.0894. The van der Waals surface area contributed by atoms with Crippen molar-refractivity contribution >= 4 is 23.4 Å². The molecule has 0 spiro atoms. The summed E-state index contributed by atoms with van der Waals surface area (Å²) in [6, 6.07) is 15.7. The number of para-hydroxylation sites is 1. The molecule has 2 aromatic carbocycles. The van der Waals surface area contributed by atoms with Crippen molar-refractivity contribution in [2.45, 2.75) is 32.3 Å². The summed E-state index contributed by atoms with van der Waals surface area (Å²) in [5, 5.41) is 20.2. The van der Waals surface area contributed by atoms with Gasteiger partial charge in [0.05, 0.1) is 29.9 Å². The van der Waals surface area contributed by atoms with E-state index in [9.17, 15) is 4.79 Å². The molecule has 4 rings (SSSR count). The van der Waals surface area contributed by atoms with E-state index < -0.39 is 0 Å². The Hall–Kier alpha value is -3.66. The summed E-state index contributed by atoms with van der Waals surface area (Å²) in [6.45, 7) is 5.83. The van der Waals surface area contributed by atoms with Crippen LogP contribution < -0.4 is 10.1 Å². The Morgan fingerprint density at radius 3 is 2.64 bits per heavy atom. The first kappa shape index (κ1) is 22.5. The van der Waals surface area contributed by atoms with Crippen LogP contribution in [0.25, 0.3) is 11.4 Å². The molecule has 0 fully saturated rings. The van der Waals surface area contributed by atoms with Crippen molar-refractivity contribution < 1.29 is 9.53 Å². The topological polar surface area (TPSA) is 99.8 Å². The van der Waals surface area contributed by atoms with E-state index in [1.54, 1.807) is 11.8 Å². The summed E-state index contributed by atoms with van der Waals surface area (Å²) < 4.78 is 8.91. The van der Waals surface area contributed by atoms with Crippen LogP contribution >= 0.6 is 11.8 Å². The number of ether oxygens (including phenoxy) is 1. The number of tetrazole rings is 1. The third-order valence-corrected chi connectivity index (χ3v) is 6.04. The fourth-order valence-corrected chi connectivity index (χ4v) is 4.29. The zero-order chi connectivity index (χ0) is 23.4. The molecule has 1 N–H and O–H groups in total. The number of methoxy groups -OCH3 is 1. The number of anilines is 1. The second-order valence-electron chi connectivity index (χ2n) is 7.49. The van der Waals surface area contributed by atoms with Crippen molar-refractivity contribution in [3.05, 3.63) is 65.5 Å². The molecule has 9 nitrogen and oxygen atoms in total. The third-order valence-electron chi connectivity index (χ3n) is 5.12. The lowest BCUT2D eigenvalue weighted by molar-refractivity contribution is -0.115. The second-order valence-corrected chi connectivity index (χ2v) is 8.55. The molecule has 0 aliphatic carbocycles. The summed E-state index contributed by atoms with van der Waals surface area (Å²) in [4.78, 5) is 12.7. The number of hydrogen-bond donors (Lipinski definition) is 1. The van der Waals surface area contributed by atoms with Crippen LogP contribution in [0.2, 0.25) is 0 Å². The number of carbonyl (C=O) groups is 1. The lowest BCUT2D eigenvalue weighted by atomic mass is 10.2. The van der Waals surface area contributed by atoms with Crippen LogP contribution in [-0.2, 0) is 4.79 Å². The van der Waals surface area contributed by atoms with Gasteiger partial charge < -0.3 is 10.1 Å². The number of thioether (sulfide) groups is 1. The van der Waals surface area contributed by atoms with Crippen molar-refractivity contribution in [1.29, 1.82) is 0 Å². The van der Waals surface area contributed by atoms with Crippen LogP contribution in [0.3, 0.4) is 0 Å². The number of amides is 1. The number of hydrogen-bond acceptors (Lipinski definition) is 7. The molecule has 1 amide bonds. The number of aromatic nitrogens is 6. The molecule has 2 heterocycles. The molecule has 0 aliphatic rings. The summed E-state index contributed by atoms with van der Waals surface area (Å²) in [5.41, 5.74) is 5.17. The quantitative estimate of drug-likeness (QED) is 0.396. The van der Waals surface area contributed by atoms with E-state index in [-0.39, 0.29) is 5.91 Å². The average molecular weight is 464 g/mol. The molecule has 0 aliphatic heterocycles. The van der Waals surface area contributed by atoms with E-state index >= 15 is 0 Å². The SMILES string of the molecule is COc1ccc(C)cc1-n1nnnc1SCCC(=O)Nc1c(C)nn(-c2ccccc2)c1C. The maximum atomic E-state index is 12.7. The highest BCUT2D eigenvalue weighted by molar-refractivity contribution is 7.99.